The summed E-state index contributed by atoms with van der Waals surface area (Å²) in [5, 5.41) is 3.09. The number of thioether (sulfide) groups is 1. The lowest BCUT2D eigenvalue weighted by molar-refractivity contribution is 0.0933. The Bertz CT molecular complexity index is 931. The van der Waals surface area contributed by atoms with Crippen molar-refractivity contribution in [3.05, 3.63) is 47.8 Å². The quantitative estimate of drug-likeness (QED) is 0.553. The van der Waals surface area contributed by atoms with Crippen molar-refractivity contribution in [1.29, 1.82) is 0 Å². The molecule has 3 aromatic rings. The molecule has 3 rings (SSSR count). The van der Waals surface area contributed by atoms with Crippen LogP contribution in [-0.4, -0.2) is 49.2 Å². The number of amides is 1. The topological polar surface area (TPSA) is 85.5 Å². The van der Waals surface area contributed by atoms with E-state index in [2.05, 4.69) is 15.3 Å². The molecule has 2 aromatic carbocycles. The van der Waals surface area contributed by atoms with Crippen LogP contribution < -0.4 is 19.5 Å². The molecular formula is C21H25N3O4S. The zero-order chi connectivity index (χ0) is 20.8. The number of imidazole rings is 1. The van der Waals surface area contributed by atoms with Crippen molar-refractivity contribution < 1.29 is 19.0 Å². The van der Waals surface area contributed by atoms with Crippen molar-refractivity contribution >= 4 is 28.7 Å². The maximum absolute atomic E-state index is 13.0. The van der Waals surface area contributed by atoms with E-state index in [1.165, 1.54) is 21.3 Å². The zero-order valence-electron chi connectivity index (χ0n) is 16.9. The molecule has 2 N–H and O–H groups in total. The molecule has 1 aromatic heterocycles. The number of para-hydroxylation sites is 2. The third-order valence-electron chi connectivity index (χ3n) is 4.58. The minimum atomic E-state index is -0.249. The third-order valence-corrected chi connectivity index (χ3v) is 5.22. The van der Waals surface area contributed by atoms with Crippen LogP contribution in [0.3, 0.4) is 0 Å². The van der Waals surface area contributed by atoms with Crippen LogP contribution in [-0.2, 0) is 0 Å². The number of benzene rings is 2. The van der Waals surface area contributed by atoms with Gasteiger partial charge in [0.25, 0.3) is 5.91 Å². The number of nitrogens with zero attached hydrogens (tertiary/aromatic N) is 1. The molecule has 0 unspecified atom stereocenters. The molecule has 0 aliphatic heterocycles. The van der Waals surface area contributed by atoms with E-state index in [1.54, 1.807) is 23.9 Å². The molecule has 0 saturated carbocycles. The Morgan fingerprint density at radius 3 is 2.41 bits per heavy atom. The minimum absolute atomic E-state index is 0.240. The van der Waals surface area contributed by atoms with Crippen LogP contribution in [0.15, 0.2) is 36.4 Å². The molecule has 1 heterocycles. The van der Waals surface area contributed by atoms with Crippen LogP contribution in [0.25, 0.3) is 11.0 Å². The Balaban J connectivity index is 1.90. The predicted octanol–water partition coefficient (Wildman–Crippen LogP) is 3.81. The highest BCUT2D eigenvalue weighted by molar-refractivity contribution is 7.98. The van der Waals surface area contributed by atoms with Gasteiger partial charge in [-0.25, -0.2) is 4.98 Å². The van der Waals surface area contributed by atoms with Gasteiger partial charge in [0.2, 0.25) is 5.75 Å². The first kappa shape index (κ1) is 20.9. The van der Waals surface area contributed by atoms with Gasteiger partial charge in [0, 0.05) is 5.56 Å². The molecule has 0 radical (unpaired) electrons. The number of fused-ring (bicyclic) bond motifs is 1. The van der Waals surface area contributed by atoms with Crippen molar-refractivity contribution in [2.45, 2.75) is 12.5 Å². The largest absolute Gasteiger partial charge is 0.493 e. The van der Waals surface area contributed by atoms with Crippen LogP contribution in [0.5, 0.6) is 17.2 Å². The summed E-state index contributed by atoms with van der Waals surface area (Å²) in [6, 6.07) is 10.8. The number of hydrogen-bond acceptors (Lipinski definition) is 6. The van der Waals surface area contributed by atoms with E-state index in [1.807, 2.05) is 30.5 Å². The molecule has 0 aliphatic carbocycles. The second kappa shape index (κ2) is 9.56. The first-order valence-corrected chi connectivity index (χ1v) is 10.5. The molecule has 29 heavy (non-hydrogen) atoms. The minimum Gasteiger partial charge on any atom is -0.493 e. The Morgan fingerprint density at radius 1 is 1.14 bits per heavy atom. The first-order valence-electron chi connectivity index (χ1n) is 9.15. The summed E-state index contributed by atoms with van der Waals surface area (Å²) in [7, 11) is 4.57. The van der Waals surface area contributed by atoms with E-state index in [-0.39, 0.29) is 11.9 Å². The highest BCUT2D eigenvalue weighted by atomic mass is 32.2. The Hall–Kier alpha value is -2.87. The maximum Gasteiger partial charge on any atom is 0.252 e. The van der Waals surface area contributed by atoms with Gasteiger partial charge in [-0.05, 0) is 42.7 Å². The van der Waals surface area contributed by atoms with Gasteiger partial charge >= 0.3 is 0 Å². The van der Waals surface area contributed by atoms with E-state index in [0.717, 1.165) is 29.0 Å². The number of carbonyl (C=O) groups excluding carboxylic acids is 1. The molecule has 0 saturated heterocycles. The molecule has 0 aliphatic rings. The highest BCUT2D eigenvalue weighted by Gasteiger charge is 2.22. The van der Waals surface area contributed by atoms with Crippen LogP contribution in [0.1, 0.15) is 28.6 Å². The summed E-state index contributed by atoms with van der Waals surface area (Å²) in [5.74, 6) is 2.69. The van der Waals surface area contributed by atoms with Gasteiger partial charge in [0.05, 0.1) is 38.4 Å². The number of rotatable bonds is 9. The average Bonchev–Trinajstić information content (AvgIpc) is 3.19. The molecule has 0 spiro atoms. The Kier molecular flexibility index (Phi) is 6.87. The van der Waals surface area contributed by atoms with Gasteiger partial charge in [-0.3, -0.25) is 4.79 Å². The third kappa shape index (κ3) is 4.59. The lowest BCUT2D eigenvalue weighted by Crippen LogP contribution is -2.29. The highest BCUT2D eigenvalue weighted by Crippen LogP contribution is 2.38. The van der Waals surface area contributed by atoms with E-state index in [0.29, 0.717) is 22.8 Å². The van der Waals surface area contributed by atoms with Gasteiger partial charge in [-0.15, -0.1) is 0 Å². The number of hydrogen-bond donors (Lipinski definition) is 2. The number of aromatic nitrogens is 2. The normalized spacial score (nSPS) is 11.9. The van der Waals surface area contributed by atoms with Crippen molar-refractivity contribution in [2.24, 2.45) is 0 Å². The SMILES string of the molecule is COc1cc(C(=O)N[C@@H](CCSC)c2nc3ccccc3[nH]2)cc(OC)c1OC. The van der Waals surface area contributed by atoms with Gasteiger partial charge in [0.1, 0.15) is 5.82 Å². The molecule has 1 atom stereocenters. The lowest BCUT2D eigenvalue weighted by Gasteiger charge is -2.18. The van der Waals surface area contributed by atoms with E-state index < -0.39 is 0 Å². The van der Waals surface area contributed by atoms with E-state index >= 15 is 0 Å². The number of aromatic amines is 1. The fraction of sp³-hybridized carbons (Fsp3) is 0.333. The van der Waals surface area contributed by atoms with E-state index in [4.69, 9.17) is 14.2 Å². The number of carbonyl (C=O) groups is 1. The molecule has 1 amide bonds. The summed E-state index contributed by atoms with van der Waals surface area (Å²) >= 11 is 1.72. The molecule has 154 valence electrons. The molecular weight excluding hydrogens is 390 g/mol. The fourth-order valence-corrected chi connectivity index (χ4v) is 3.58. The van der Waals surface area contributed by atoms with Gasteiger partial charge in [-0.2, -0.15) is 11.8 Å². The van der Waals surface area contributed by atoms with E-state index in [9.17, 15) is 4.79 Å². The Morgan fingerprint density at radius 2 is 1.83 bits per heavy atom. The Labute approximate surface area is 174 Å². The van der Waals surface area contributed by atoms with Crippen LogP contribution in [0.4, 0.5) is 0 Å². The molecule has 0 fully saturated rings. The zero-order valence-corrected chi connectivity index (χ0v) is 17.8. The smallest absolute Gasteiger partial charge is 0.252 e. The summed E-state index contributed by atoms with van der Waals surface area (Å²) < 4.78 is 16.0. The van der Waals surface area contributed by atoms with Crippen LogP contribution in [0.2, 0.25) is 0 Å². The van der Waals surface area contributed by atoms with Crippen molar-refractivity contribution in [2.75, 3.05) is 33.3 Å². The van der Waals surface area contributed by atoms with Crippen LogP contribution in [0, 0.1) is 0 Å². The first-order chi connectivity index (χ1) is 14.1. The van der Waals surface area contributed by atoms with Crippen LogP contribution >= 0.6 is 11.8 Å². The van der Waals surface area contributed by atoms with Gasteiger partial charge in [-0.1, -0.05) is 12.1 Å². The fourth-order valence-electron chi connectivity index (χ4n) is 3.10. The van der Waals surface area contributed by atoms with Gasteiger partial charge < -0.3 is 24.5 Å². The number of nitrogens with one attached hydrogen (secondary N) is 2. The maximum atomic E-state index is 13.0. The second-order valence-electron chi connectivity index (χ2n) is 6.36. The lowest BCUT2D eigenvalue weighted by atomic mass is 10.1. The summed E-state index contributed by atoms with van der Waals surface area (Å²) in [5.41, 5.74) is 2.24. The second-order valence-corrected chi connectivity index (χ2v) is 7.35. The molecule has 0 bridgehead atoms. The predicted molar refractivity (Wildman–Crippen MR) is 115 cm³/mol. The molecule has 7 nitrogen and oxygen atoms in total. The monoisotopic (exact) mass is 415 g/mol. The van der Waals surface area contributed by atoms with Crippen molar-refractivity contribution in [3.63, 3.8) is 0 Å². The van der Waals surface area contributed by atoms with Gasteiger partial charge in [0.15, 0.2) is 11.5 Å². The number of ether oxygens (including phenoxy) is 3. The summed E-state index contributed by atoms with van der Waals surface area (Å²) in [6.45, 7) is 0. The van der Waals surface area contributed by atoms with Crippen molar-refractivity contribution in [1.82, 2.24) is 15.3 Å². The average molecular weight is 416 g/mol. The number of methoxy groups -OCH3 is 3. The molecule has 8 heteroatoms. The standard InChI is InChI=1S/C21H25N3O4S/c1-26-17-11-13(12-18(27-2)19(17)28-3)21(25)24-16(9-10-29-4)20-22-14-7-5-6-8-15(14)23-20/h5-8,11-12,16H,9-10H2,1-4H3,(H,22,23)(H,24,25)/t16-/m0/s1. The number of H-pyrrole nitrogens is 1. The summed E-state index contributed by atoms with van der Waals surface area (Å²) in [6.07, 6.45) is 2.79. The van der Waals surface area contributed by atoms with Crippen molar-refractivity contribution in [3.8, 4) is 17.2 Å². The summed E-state index contributed by atoms with van der Waals surface area (Å²) in [4.78, 5) is 21.0.